The maximum Gasteiger partial charge on any atom is 0.0440 e. The summed E-state index contributed by atoms with van der Waals surface area (Å²) < 4.78 is 0. The summed E-state index contributed by atoms with van der Waals surface area (Å²) in [6.07, 6.45) is 3.88. The van der Waals surface area contributed by atoms with Gasteiger partial charge in [0.2, 0.25) is 0 Å². The van der Waals surface area contributed by atoms with Crippen LogP contribution in [0.2, 0.25) is 5.02 Å². The van der Waals surface area contributed by atoms with Gasteiger partial charge >= 0.3 is 0 Å². The maximum atomic E-state index is 6.20. The third kappa shape index (κ3) is 1.99. The predicted molar refractivity (Wildman–Crippen MR) is 67.9 cm³/mol. The van der Waals surface area contributed by atoms with Crippen LogP contribution >= 0.6 is 11.6 Å². The summed E-state index contributed by atoms with van der Waals surface area (Å²) in [6, 6.07) is 9.80. The summed E-state index contributed by atoms with van der Waals surface area (Å²) in [5.74, 6) is 1.58. The van der Waals surface area contributed by atoms with Gasteiger partial charge < -0.3 is 5.32 Å². The largest absolute Gasteiger partial charge is 0.311 e. The van der Waals surface area contributed by atoms with Crippen molar-refractivity contribution in [2.45, 2.75) is 44.2 Å². The zero-order valence-corrected chi connectivity index (χ0v) is 10.4. The van der Waals surface area contributed by atoms with Crippen LogP contribution < -0.4 is 5.32 Å². The summed E-state index contributed by atoms with van der Waals surface area (Å²) in [5, 5.41) is 4.65. The molecule has 16 heavy (non-hydrogen) atoms. The number of nitrogens with one attached hydrogen (secondary N) is 1. The molecule has 0 saturated heterocycles. The molecule has 1 aromatic rings. The first kappa shape index (κ1) is 10.6. The molecule has 0 spiro atoms. The highest BCUT2D eigenvalue weighted by atomic mass is 35.5. The minimum Gasteiger partial charge on any atom is -0.311 e. The minimum absolute atomic E-state index is 0.681. The first-order chi connectivity index (χ1) is 7.74. The van der Waals surface area contributed by atoms with Crippen molar-refractivity contribution in [3.05, 3.63) is 34.9 Å². The molecule has 3 rings (SSSR count). The van der Waals surface area contributed by atoms with Crippen LogP contribution in [0.3, 0.4) is 0 Å². The molecule has 1 nitrogen and oxygen atoms in total. The highest BCUT2D eigenvalue weighted by molar-refractivity contribution is 6.31. The third-order valence-corrected chi connectivity index (χ3v) is 4.39. The average molecular weight is 236 g/mol. The summed E-state index contributed by atoms with van der Waals surface area (Å²) in [6.45, 7) is 2.32. The smallest absolute Gasteiger partial charge is 0.0440 e. The van der Waals surface area contributed by atoms with Gasteiger partial charge in [0.25, 0.3) is 0 Å². The molecule has 2 heteroatoms. The Labute approximate surface area is 102 Å². The fourth-order valence-electron chi connectivity index (χ4n) is 2.67. The Morgan fingerprint density at radius 3 is 2.50 bits per heavy atom. The van der Waals surface area contributed by atoms with Gasteiger partial charge in [-0.1, -0.05) is 36.7 Å². The van der Waals surface area contributed by atoms with Crippen LogP contribution in [0.1, 0.15) is 37.7 Å². The number of halogens is 1. The molecule has 2 unspecified atom stereocenters. The lowest BCUT2D eigenvalue weighted by Gasteiger charge is -2.37. The molecule has 1 N–H and O–H groups in total. The predicted octanol–water partition coefficient (Wildman–Crippen LogP) is 3.58. The second kappa shape index (κ2) is 4.05. The van der Waals surface area contributed by atoms with Crippen LogP contribution in [0.4, 0.5) is 0 Å². The molecular weight excluding hydrogens is 218 g/mol. The Kier molecular flexibility index (Phi) is 2.68. The van der Waals surface area contributed by atoms with E-state index in [0.29, 0.717) is 5.92 Å². The molecule has 1 aromatic carbocycles. The zero-order valence-electron chi connectivity index (χ0n) is 9.62. The van der Waals surface area contributed by atoms with E-state index in [1.807, 2.05) is 12.1 Å². The molecule has 2 aliphatic rings. The zero-order chi connectivity index (χ0) is 11.1. The van der Waals surface area contributed by atoms with Crippen molar-refractivity contribution < 1.29 is 0 Å². The van der Waals surface area contributed by atoms with Gasteiger partial charge in [-0.2, -0.15) is 0 Å². The molecule has 2 aliphatic carbocycles. The van der Waals surface area contributed by atoms with E-state index in [4.69, 9.17) is 11.6 Å². The molecule has 2 saturated carbocycles. The molecule has 86 valence electrons. The monoisotopic (exact) mass is 235 g/mol. The maximum absolute atomic E-state index is 6.20. The summed E-state index contributed by atoms with van der Waals surface area (Å²) in [5.41, 5.74) is 1.34. The van der Waals surface area contributed by atoms with E-state index in [9.17, 15) is 0 Å². The lowest BCUT2D eigenvalue weighted by atomic mass is 9.76. The average Bonchev–Trinajstić information content (AvgIpc) is 2.89. The van der Waals surface area contributed by atoms with Gasteiger partial charge in [0.05, 0.1) is 0 Å². The molecule has 0 aromatic heterocycles. The van der Waals surface area contributed by atoms with Gasteiger partial charge in [-0.15, -0.1) is 0 Å². The van der Waals surface area contributed by atoms with E-state index in [2.05, 4.69) is 24.4 Å². The number of rotatable bonds is 3. The van der Waals surface area contributed by atoms with Crippen LogP contribution in [-0.4, -0.2) is 12.1 Å². The van der Waals surface area contributed by atoms with E-state index in [1.54, 1.807) is 0 Å². The topological polar surface area (TPSA) is 12.0 Å². The standard InChI is InChI=1S/C14H18ClN/c1-9-6-14(9)16-11-7-10(8-11)12-4-2-3-5-13(12)15/h2-5,9-11,14,16H,6-8H2,1H3. The van der Waals surface area contributed by atoms with Crippen molar-refractivity contribution in [3.8, 4) is 0 Å². The van der Waals surface area contributed by atoms with Gasteiger partial charge in [0.1, 0.15) is 0 Å². The van der Waals surface area contributed by atoms with Gasteiger partial charge in [0, 0.05) is 17.1 Å². The first-order valence-electron chi connectivity index (χ1n) is 6.24. The highest BCUT2D eigenvalue weighted by Crippen LogP contribution is 2.41. The Morgan fingerprint density at radius 2 is 1.88 bits per heavy atom. The van der Waals surface area contributed by atoms with Crippen molar-refractivity contribution in [3.63, 3.8) is 0 Å². The van der Waals surface area contributed by atoms with Gasteiger partial charge in [0.15, 0.2) is 0 Å². The Hall–Kier alpha value is -0.530. The molecular formula is C14H18ClN. The molecule has 2 atom stereocenters. The second-order valence-corrected chi connectivity index (χ2v) is 5.78. The first-order valence-corrected chi connectivity index (χ1v) is 6.62. The van der Waals surface area contributed by atoms with Crippen LogP contribution in [0.15, 0.2) is 24.3 Å². The molecule has 0 amide bonds. The normalized spacial score (nSPS) is 36.9. The molecule has 2 fully saturated rings. The van der Waals surface area contributed by atoms with E-state index in [1.165, 1.54) is 24.8 Å². The number of hydrogen-bond donors (Lipinski definition) is 1. The lowest BCUT2D eigenvalue weighted by Crippen LogP contribution is -2.41. The Balaban J connectivity index is 1.55. The van der Waals surface area contributed by atoms with Crippen molar-refractivity contribution in [2.24, 2.45) is 5.92 Å². The van der Waals surface area contributed by atoms with E-state index in [-0.39, 0.29) is 0 Å². The summed E-state index contributed by atoms with van der Waals surface area (Å²) in [7, 11) is 0. The second-order valence-electron chi connectivity index (χ2n) is 5.37. The number of benzene rings is 1. The van der Waals surface area contributed by atoms with E-state index in [0.717, 1.165) is 23.0 Å². The van der Waals surface area contributed by atoms with Crippen LogP contribution in [0.25, 0.3) is 0 Å². The van der Waals surface area contributed by atoms with Crippen molar-refractivity contribution in [1.29, 1.82) is 0 Å². The van der Waals surface area contributed by atoms with E-state index >= 15 is 0 Å². The van der Waals surface area contributed by atoms with Gasteiger partial charge in [-0.05, 0) is 42.7 Å². The van der Waals surface area contributed by atoms with Crippen molar-refractivity contribution >= 4 is 11.6 Å². The molecule has 0 radical (unpaired) electrons. The Bertz CT molecular complexity index is 384. The van der Waals surface area contributed by atoms with Crippen LogP contribution in [-0.2, 0) is 0 Å². The molecule has 0 heterocycles. The molecule has 0 bridgehead atoms. The van der Waals surface area contributed by atoms with Gasteiger partial charge in [-0.25, -0.2) is 0 Å². The molecule has 0 aliphatic heterocycles. The van der Waals surface area contributed by atoms with Crippen LogP contribution in [0.5, 0.6) is 0 Å². The Morgan fingerprint density at radius 1 is 1.19 bits per heavy atom. The SMILES string of the molecule is CC1CC1NC1CC(c2ccccc2Cl)C1. The third-order valence-electron chi connectivity index (χ3n) is 4.04. The summed E-state index contributed by atoms with van der Waals surface area (Å²) in [4.78, 5) is 0. The quantitative estimate of drug-likeness (QED) is 0.845. The summed E-state index contributed by atoms with van der Waals surface area (Å²) >= 11 is 6.20. The van der Waals surface area contributed by atoms with Crippen LogP contribution in [0, 0.1) is 5.92 Å². The van der Waals surface area contributed by atoms with Crippen molar-refractivity contribution in [2.75, 3.05) is 0 Å². The minimum atomic E-state index is 0.681. The highest BCUT2D eigenvalue weighted by Gasteiger charge is 2.38. The lowest BCUT2D eigenvalue weighted by molar-refractivity contribution is 0.286. The fraction of sp³-hybridized carbons (Fsp3) is 0.571. The van der Waals surface area contributed by atoms with Gasteiger partial charge in [-0.3, -0.25) is 0 Å². The fourth-order valence-corrected chi connectivity index (χ4v) is 2.96. The van der Waals surface area contributed by atoms with Crippen molar-refractivity contribution in [1.82, 2.24) is 5.32 Å². The van der Waals surface area contributed by atoms with E-state index < -0.39 is 0 Å². The number of hydrogen-bond acceptors (Lipinski definition) is 1.